The molecule has 0 spiro atoms. The van der Waals surface area contributed by atoms with Gasteiger partial charge in [0.25, 0.3) is 0 Å². The van der Waals surface area contributed by atoms with Crippen LogP contribution in [0.2, 0.25) is 0 Å². The third kappa shape index (κ3) is 1.69. The maximum absolute atomic E-state index is 5.77. The predicted octanol–water partition coefficient (Wildman–Crippen LogP) is 1.70. The average molecular weight is 207 g/mol. The molecule has 0 aromatic carbocycles. The number of H-pyrrole nitrogens is 1. The van der Waals surface area contributed by atoms with Crippen LogP contribution in [0.25, 0.3) is 11.0 Å². The minimum absolute atomic E-state index is 0.610. The van der Waals surface area contributed by atoms with Crippen LogP contribution in [-0.4, -0.2) is 20.0 Å². The fourth-order valence-corrected chi connectivity index (χ4v) is 1.70. The van der Waals surface area contributed by atoms with Crippen molar-refractivity contribution >= 4 is 16.9 Å². The molecule has 0 saturated carbocycles. The van der Waals surface area contributed by atoms with E-state index in [9.17, 15) is 0 Å². The molecule has 0 unspecified atom stereocenters. The number of fused-ring (bicyclic) bond motifs is 1. The fourth-order valence-electron chi connectivity index (χ4n) is 1.70. The van der Waals surface area contributed by atoms with E-state index in [1.165, 1.54) is 0 Å². The molecule has 0 aliphatic heterocycles. The van der Waals surface area contributed by atoms with E-state index in [0.29, 0.717) is 11.7 Å². The van der Waals surface area contributed by atoms with E-state index in [1.54, 1.807) is 0 Å². The minimum atomic E-state index is 0.610. The van der Waals surface area contributed by atoms with Crippen LogP contribution in [0.5, 0.6) is 0 Å². The van der Waals surface area contributed by atoms with Crippen molar-refractivity contribution < 1.29 is 0 Å². The number of nitrogens with zero attached hydrogens (tertiary/aromatic N) is 3. The van der Waals surface area contributed by atoms with Crippen molar-refractivity contribution in [3.05, 3.63) is 5.69 Å². The number of rotatable bonds is 3. The number of nitrogens with one attached hydrogen (secondary N) is 1. The Bertz CT molecular complexity index is 465. The lowest BCUT2D eigenvalue weighted by molar-refractivity contribution is 0.492. The monoisotopic (exact) mass is 207 g/mol. The van der Waals surface area contributed by atoms with Gasteiger partial charge in [-0.3, -0.25) is 5.10 Å². The van der Waals surface area contributed by atoms with Gasteiger partial charge in [-0.2, -0.15) is 10.2 Å². The lowest BCUT2D eigenvalue weighted by Gasteiger charge is -2.04. The van der Waals surface area contributed by atoms with Crippen molar-refractivity contribution in [2.24, 2.45) is 5.92 Å². The number of aromatic nitrogens is 4. The Kier molecular flexibility index (Phi) is 2.38. The summed E-state index contributed by atoms with van der Waals surface area (Å²) in [7, 11) is 0. The van der Waals surface area contributed by atoms with Crippen molar-refractivity contribution in [2.75, 3.05) is 5.73 Å². The number of hydrogen-bond acceptors (Lipinski definition) is 3. The molecule has 0 atom stereocenters. The first-order chi connectivity index (χ1) is 7.09. The molecule has 0 bridgehead atoms. The van der Waals surface area contributed by atoms with Crippen LogP contribution >= 0.6 is 0 Å². The Labute approximate surface area is 88.6 Å². The van der Waals surface area contributed by atoms with Crippen LogP contribution in [0.1, 0.15) is 26.0 Å². The quantitative estimate of drug-likeness (QED) is 0.804. The summed E-state index contributed by atoms with van der Waals surface area (Å²) >= 11 is 0. The van der Waals surface area contributed by atoms with Gasteiger partial charge in [-0.1, -0.05) is 13.8 Å². The van der Waals surface area contributed by atoms with E-state index in [0.717, 1.165) is 29.7 Å². The van der Waals surface area contributed by atoms with Gasteiger partial charge < -0.3 is 5.73 Å². The molecule has 0 aliphatic rings. The predicted molar refractivity (Wildman–Crippen MR) is 60.5 cm³/mol. The Morgan fingerprint density at radius 2 is 2.20 bits per heavy atom. The summed E-state index contributed by atoms with van der Waals surface area (Å²) in [5.41, 5.74) is 7.59. The molecule has 0 radical (unpaired) electrons. The van der Waals surface area contributed by atoms with Crippen LogP contribution in [0.4, 0.5) is 5.82 Å². The van der Waals surface area contributed by atoms with Gasteiger partial charge in [0.1, 0.15) is 5.82 Å². The number of aromatic amines is 1. The van der Waals surface area contributed by atoms with E-state index in [4.69, 9.17) is 5.73 Å². The van der Waals surface area contributed by atoms with Gasteiger partial charge in [0, 0.05) is 6.54 Å². The minimum Gasteiger partial charge on any atom is -0.383 e. The number of nitrogen functional groups attached to an aromatic ring is 1. The molecule has 2 aromatic heterocycles. The first-order valence-corrected chi connectivity index (χ1v) is 5.26. The van der Waals surface area contributed by atoms with E-state index in [-0.39, 0.29) is 0 Å². The van der Waals surface area contributed by atoms with Gasteiger partial charge in [0.2, 0.25) is 0 Å². The summed E-state index contributed by atoms with van der Waals surface area (Å²) in [6.07, 6.45) is 1.10. The normalized spacial score (nSPS) is 11.7. The Morgan fingerprint density at radius 1 is 1.47 bits per heavy atom. The molecule has 2 aromatic rings. The van der Waals surface area contributed by atoms with Crippen LogP contribution in [0, 0.1) is 12.8 Å². The molecule has 2 heterocycles. The summed E-state index contributed by atoms with van der Waals surface area (Å²) in [5.74, 6) is 1.28. The van der Waals surface area contributed by atoms with Crippen LogP contribution < -0.4 is 5.73 Å². The van der Waals surface area contributed by atoms with Crippen molar-refractivity contribution in [3.63, 3.8) is 0 Å². The van der Waals surface area contributed by atoms with Gasteiger partial charge in [-0.25, -0.2) is 4.68 Å². The van der Waals surface area contributed by atoms with E-state index < -0.39 is 0 Å². The second-order valence-corrected chi connectivity index (χ2v) is 4.33. The molecule has 2 rings (SSSR count). The molecule has 0 fully saturated rings. The molecular weight excluding hydrogens is 190 g/mol. The highest BCUT2D eigenvalue weighted by Gasteiger charge is 2.13. The molecule has 5 nitrogen and oxygen atoms in total. The van der Waals surface area contributed by atoms with Crippen LogP contribution in [0.3, 0.4) is 0 Å². The van der Waals surface area contributed by atoms with Gasteiger partial charge in [-0.05, 0) is 19.3 Å². The van der Waals surface area contributed by atoms with E-state index in [2.05, 4.69) is 29.1 Å². The average Bonchev–Trinajstić information content (AvgIpc) is 2.67. The lowest BCUT2D eigenvalue weighted by atomic mass is 10.1. The highest BCUT2D eigenvalue weighted by atomic mass is 15.3. The highest BCUT2D eigenvalue weighted by Crippen LogP contribution is 2.21. The van der Waals surface area contributed by atoms with Gasteiger partial charge in [0.15, 0.2) is 5.65 Å². The number of aryl methyl sites for hydroxylation is 2. The maximum Gasteiger partial charge on any atom is 0.182 e. The number of anilines is 1. The Hall–Kier alpha value is -1.52. The number of hydrogen-bond donors (Lipinski definition) is 2. The van der Waals surface area contributed by atoms with Gasteiger partial charge in [0.05, 0.1) is 11.1 Å². The number of nitrogens with two attached hydrogens (primary N) is 1. The van der Waals surface area contributed by atoms with E-state index >= 15 is 0 Å². The third-order valence-electron chi connectivity index (χ3n) is 2.57. The molecule has 3 N–H and O–H groups in total. The van der Waals surface area contributed by atoms with Crippen molar-refractivity contribution in [1.82, 2.24) is 20.0 Å². The standard InChI is InChI=1S/C10H17N5/c1-6(2)4-5-15-10-8(7(3)14-15)9(11)12-13-10/h6H,4-5H2,1-3H3,(H3,11,12,13). The molecule has 5 heteroatoms. The molecule has 0 saturated heterocycles. The van der Waals surface area contributed by atoms with Crippen molar-refractivity contribution in [2.45, 2.75) is 33.7 Å². The van der Waals surface area contributed by atoms with Crippen LogP contribution in [-0.2, 0) is 6.54 Å². The largest absolute Gasteiger partial charge is 0.383 e. The van der Waals surface area contributed by atoms with Gasteiger partial charge >= 0.3 is 0 Å². The Balaban J connectivity index is 2.35. The maximum atomic E-state index is 5.77. The topological polar surface area (TPSA) is 72.5 Å². The summed E-state index contributed by atoms with van der Waals surface area (Å²) in [5, 5.41) is 12.4. The molecular formula is C10H17N5. The third-order valence-corrected chi connectivity index (χ3v) is 2.57. The first-order valence-electron chi connectivity index (χ1n) is 5.26. The smallest absolute Gasteiger partial charge is 0.182 e. The summed E-state index contributed by atoms with van der Waals surface area (Å²) in [4.78, 5) is 0. The van der Waals surface area contributed by atoms with E-state index in [1.807, 2.05) is 11.6 Å². The zero-order valence-corrected chi connectivity index (χ0v) is 9.41. The molecule has 0 amide bonds. The summed E-state index contributed by atoms with van der Waals surface area (Å²) < 4.78 is 1.93. The lowest BCUT2D eigenvalue weighted by Crippen LogP contribution is -2.03. The Morgan fingerprint density at radius 3 is 2.87 bits per heavy atom. The molecule has 15 heavy (non-hydrogen) atoms. The van der Waals surface area contributed by atoms with Crippen molar-refractivity contribution in [3.8, 4) is 0 Å². The fraction of sp³-hybridized carbons (Fsp3) is 0.600. The SMILES string of the molecule is Cc1nn(CCC(C)C)c2n[nH]c(N)c12. The summed E-state index contributed by atoms with van der Waals surface area (Å²) in [6.45, 7) is 7.26. The zero-order valence-electron chi connectivity index (χ0n) is 9.41. The second kappa shape index (κ2) is 3.56. The molecule has 82 valence electrons. The van der Waals surface area contributed by atoms with Crippen molar-refractivity contribution in [1.29, 1.82) is 0 Å². The summed E-state index contributed by atoms with van der Waals surface area (Å²) in [6, 6.07) is 0. The zero-order chi connectivity index (χ0) is 11.0. The highest BCUT2D eigenvalue weighted by molar-refractivity contribution is 5.88. The first kappa shape index (κ1) is 10.0. The second-order valence-electron chi connectivity index (χ2n) is 4.33. The van der Waals surface area contributed by atoms with Gasteiger partial charge in [-0.15, -0.1) is 0 Å². The molecule has 0 aliphatic carbocycles. The van der Waals surface area contributed by atoms with Crippen LogP contribution in [0.15, 0.2) is 0 Å².